The Morgan fingerprint density at radius 3 is 2.84 bits per heavy atom. The molecular formula is C20H18IN5O4S2. The Morgan fingerprint density at radius 1 is 1.38 bits per heavy atom. The van der Waals surface area contributed by atoms with Gasteiger partial charge < -0.3 is 14.8 Å². The zero-order chi connectivity index (χ0) is 23.1. The van der Waals surface area contributed by atoms with Gasteiger partial charge in [-0.3, -0.25) is 9.89 Å². The molecule has 2 aromatic heterocycles. The molecule has 166 valence electrons. The molecule has 0 radical (unpaired) electrons. The summed E-state index contributed by atoms with van der Waals surface area (Å²) in [6.45, 7) is 1.94. The summed E-state index contributed by atoms with van der Waals surface area (Å²) in [4.78, 5) is 29.4. The number of para-hydroxylation sites is 1. The van der Waals surface area contributed by atoms with Crippen molar-refractivity contribution in [3.63, 3.8) is 0 Å². The molecule has 3 aromatic rings. The minimum Gasteiger partial charge on any atom is -0.496 e. The van der Waals surface area contributed by atoms with Crippen molar-refractivity contribution in [1.29, 1.82) is 5.26 Å². The number of hydrogen-bond donors (Lipinski definition) is 2. The van der Waals surface area contributed by atoms with Gasteiger partial charge in [-0.2, -0.15) is 5.26 Å². The highest BCUT2D eigenvalue weighted by atomic mass is 127. The molecule has 0 saturated carbocycles. The molecule has 0 atom stereocenters. The van der Waals surface area contributed by atoms with Crippen LogP contribution in [0.5, 0.6) is 5.75 Å². The molecule has 0 aliphatic carbocycles. The third-order valence-corrected chi connectivity index (χ3v) is 6.86. The van der Waals surface area contributed by atoms with Crippen LogP contribution in [0.4, 0.5) is 5.00 Å². The van der Waals surface area contributed by atoms with E-state index in [2.05, 4.69) is 49.2 Å². The minimum absolute atomic E-state index is 0.0281. The van der Waals surface area contributed by atoms with Crippen LogP contribution in [0.15, 0.2) is 29.4 Å². The van der Waals surface area contributed by atoms with E-state index in [1.807, 2.05) is 24.3 Å². The average Bonchev–Trinajstić information content (AvgIpc) is 3.42. The summed E-state index contributed by atoms with van der Waals surface area (Å²) in [7, 11) is 1.58. The minimum atomic E-state index is -0.500. The molecule has 0 spiro atoms. The fraction of sp³-hybridized carbons (Fsp3) is 0.250. The van der Waals surface area contributed by atoms with Crippen LogP contribution < -0.4 is 10.1 Å². The number of hydrogen-bond acceptors (Lipinski definition) is 9. The van der Waals surface area contributed by atoms with Gasteiger partial charge in [0.25, 0.3) is 0 Å². The Kier molecular flexibility index (Phi) is 8.48. The zero-order valence-corrected chi connectivity index (χ0v) is 20.9. The lowest BCUT2D eigenvalue weighted by molar-refractivity contribution is -0.113. The summed E-state index contributed by atoms with van der Waals surface area (Å²) in [5.74, 6) is 0.372. The number of esters is 1. The Bertz CT molecular complexity index is 1170. The first-order chi connectivity index (χ1) is 15.5. The van der Waals surface area contributed by atoms with E-state index in [0.717, 1.165) is 28.7 Å². The predicted molar refractivity (Wildman–Crippen MR) is 130 cm³/mol. The normalized spacial score (nSPS) is 10.4. The third-order valence-electron chi connectivity index (χ3n) is 4.13. The van der Waals surface area contributed by atoms with Gasteiger partial charge in [0.15, 0.2) is 5.82 Å². The van der Waals surface area contributed by atoms with Crippen LogP contribution in [0.3, 0.4) is 0 Å². The smallest absolute Gasteiger partial charge is 0.348 e. The van der Waals surface area contributed by atoms with E-state index in [9.17, 15) is 14.9 Å². The number of halogens is 1. The summed E-state index contributed by atoms with van der Waals surface area (Å²) in [6.07, 6.45) is 0. The summed E-state index contributed by atoms with van der Waals surface area (Å²) in [5, 5.41) is 20.0. The SMILES string of the molecule is CCOC(=O)c1sc(NC(=O)CSc2n[nH]c(-c3ccccc3OC)n2)c(C#N)c1CI. The maximum absolute atomic E-state index is 12.5. The number of aromatic nitrogens is 3. The van der Waals surface area contributed by atoms with Gasteiger partial charge in [0.05, 0.1) is 30.6 Å². The quantitative estimate of drug-likeness (QED) is 0.166. The number of benzene rings is 1. The molecule has 1 aromatic carbocycles. The van der Waals surface area contributed by atoms with E-state index >= 15 is 0 Å². The molecule has 0 aliphatic heterocycles. The highest BCUT2D eigenvalue weighted by molar-refractivity contribution is 14.1. The van der Waals surface area contributed by atoms with E-state index in [1.54, 1.807) is 14.0 Å². The van der Waals surface area contributed by atoms with Crippen molar-refractivity contribution in [2.75, 3.05) is 24.8 Å². The molecule has 0 unspecified atom stereocenters. The van der Waals surface area contributed by atoms with E-state index in [0.29, 0.717) is 36.6 Å². The summed E-state index contributed by atoms with van der Waals surface area (Å²) >= 11 is 4.26. The van der Waals surface area contributed by atoms with Crippen molar-refractivity contribution in [3.8, 4) is 23.2 Å². The standard InChI is InChI=1S/C20H18IN5O4S2/c1-3-30-19(28)16-12(8-21)13(9-22)18(32-16)23-15(27)10-31-20-24-17(25-26-20)11-6-4-5-7-14(11)29-2/h4-7H,3,8,10H2,1-2H3,(H,23,27)(H,24,25,26). The second-order valence-corrected chi connectivity index (χ2v) is 8.81. The molecule has 1 amide bonds. The van der Waals surface area contributed by atoms with E-state index < -0.39 is 5.97 Å². The lowest BCUT2D eigenvalue weighted by Crippen LogP contribution is -2.14. The van der Waals surface area contributed by atoms with Gasteiger partial charge in [0, 0.05) is 9.99 Å². The van der Waals surface area contributed by atoms with Gasteiger partial charge in [-0.05, 0) is 19.1 Å². The second-order valence-electron chi connectivity index (χ2n) is 6.08. The van der Waals surface area contributed by atoms with Crippen molar-refractivity contribution in [3.05, 3.63) is 40.3 Å². The number of carbonyl (C=O) groups is 2. The fourth-order valence-electron chi connectivity index (χ4n) is 2.73. The van der Waals surface area contributed by atoms with Crippen molar-refractivity contribution in [2.45, 2.75) is 16.5 Å². The number of anilines is 1. The van der Waals surface area contributed by atoms with Crippen LogP contribution in [0.1, 0.15) is 27.7 Å². The Hall–Kier alpha value is -2.63. The number of H-pyrrole nitrogens is 1. The van der Waals surface area contributed by atoms with E-state index in [-0.39, 0.29) is 23.8 Å². The molecule has 0 saturated heterocycles. The Morgan fingerprint density at radius 2 is 2.16 bits per heavy atom. The van der Waals surface area contributed by atoms with Crippen molar-refractivity contribution >= 4 is 62.6 Å². The van der Waals surface area contributed by atoms with Gasteiger partial charge in [0.1, 0.15) is 21.7 Å². The van der Waals surface area contributed by atoms with Crippen molar-refractivity contribution < 1.29 is 19.1 Å². The van der Waals surface area contributed by atoms with E-state index in [1.165, 1.54) is 0 Å². The maximum atomic E-state index is 12.5. The summed E-state index contributed by atoms with van der Waals surface area (Å²) < 4.78 is 10.8. The number of aromatic amines is 1. The third kappa shape index (κ3) is 5.40. The lowest BCUT2D eigenvalue weighted by Gasteiger charge is -2.04. The van der Waals surface area contributed by atoms with Crippen LogP contribution in [-0.2, 0) is 14.0 Å². The molecule has 3 rings (SSSR count). The molecular weight excluding hydrogens is 565 g/mol. The molecule has 2 heterocycles. The Balaban J connectivity index is 1.69. The molecule has 2 N–H and O–H groups in total. The average molecular weight is 583 g/mol. The number of ether oxygens (including phenoxy) is 2. The number of amides is 1. The zero-order valence-electron chi connectivity index (χ0n) is 17.1. The van der Waals surface area contributed by atoms with Gasteiger partial charge >= 0.3 is 5.97 Å². The highest BCUT2D eigenvalue weighted by Gasteiger charge is 2.24. The van der Waals surface area contributed by atoms with Gasteiger partial charge in [0.2, 0.25) is 11.1 Å². The molecule has 9 nitrogen and oxygen atoms in total. The van der Waals surface area contributed by atoms with Crippen LogP contribution in [0.25, 0.3) is 11.4 Å². The summed E-state index contributed by atoms with van der Waals surface area (Å²) in [6, 6.07) is 9.47. The number of alkyl halides is 1. The van der Waals surface area contributed by atoms with Crippen LogP contribution in [0.2, 0.25) is 0 Å². The number of rotatable bonds is 9. The predicted octanol–water partition coefficient (Wildman–Crippen LogP) is 4.26. The highest BCUT2D eigenvalue weighted by Crippen LogP contribution is 2.35. The fourth-order valence-corrected chi connectivity index (χ4v) is 5.42. The van der Waals surface area contributed by atoms with Crippen LogP contribution in [0, 0.1) is 11.3 Å². The van der Waals surface area contributed by atoms with Crippen LogP contribution >= 0.6 is 45.7 Å². The number of nitriles is 1. The van der Waals surface area contributed by atoms with Crippen LogP contribution in [-0.4, -0.2) is 46.5 Å². The molecule has 12 heteroatoms. The van der Waals surface area contributed by atoms with Gasteiger partial charge in [-0.25, -0.2) is 9.78 Å². The molecule has 0 fully saturated rings. The molecule has 32 heavy (non-hydrogen) atoms. The molecule has 0 aliphatic rings. The first-order valence-electron chi connectivity index (χ1n) is 9.29. The number of nitrogens with zero attached hydrogens (tertiary/aromatic N) is 3. The number of methoxy groups -OCH3 is 1. The topological polar surface area (TPSA) is 130 Å². The monoisotopic (exact) mass is 583 g/mol. The van der Waals surface area contributed by atoms with E-state index in [4.69, 9.17) is 9.47 Å². The van der Waals surface area contributed by atoms with Gasteiger partial charge in [-0.1, -0.05) is 46.5 Å². The maximum Gasteiger partial charge on any atom is 0.348 e. The van der Waals surface area contributed by atoms with Gasteiger partial charge in [-0.15, -0.1) is 16.4 Å². The first-order valence-corrected chi connectivity index (χ1v) is 12.6. The largest absolute Gasteiger partial charge is 0.496 e. The number of nitrogens with one attached hydrogen (secondary N) is 2. The second kappa shape index (κ2) is 11.3. The summed E-state index contributed by atoms with van der Waals surface area (Å²) in [5.41, 5.74) is 1.60. The lowest BCUT2D eigenvalue weighted by atomic mass is 10.2. The Labute approximate surface area is 206 Å². The number of thiophene rings is 1. The first kappa shape index (κ1) is 24.0. The van der Waals surface area contributed by atoms with Crippen molar-refractivity contribution in [2.24, 2.45) is 0 Å². The van der Waals surface area contributed by atoms with Crippen molar-refractivity contribution in [1.82, 2.24) is 15.2 Å². The number of thioether (sulfide) groups is 1. The number of carbonyl (C=O) groups excluding carboxylic acids is 2. The molecule has 0 bridgehead atoms.